The second kappa shape index (κ2) is 9.53. The number of carbonyl (C=O) groups excluding carboxylic acids is 2. The molecular formula is C22H31N3O3. The van der Waals surface area contributed by atoms with Crippen LogP contribution in [0.3, 0.4) is 0 Å². The zero-order chi connectivity index (χ0) is 20.7. The highest BCUT2D eigenvalue weighted by molar-refractivity contribution is 5.78. The van der Waals surface area contributed by atoms with Crippen LogP contribution in [-0.2, 0) is 21.4 Å². The predicted octanol–water partition coefficient (Wildman–Crippen LogP) is 3.52. The third-order valence-electron chi connectivity index (χ3n) is 4.52. The Bertz CT molecular complexity index is 801. The van der Waals surface area contributed by atoms with Gasteiger partial charge in [-0.05, 0) is 42.9 Å². The number of nitrogens with one attached hydrogen (secondary N) is 2. The van der Waals surface area contributed by atoms with Crippen molar-refractivity contribution in [2.24, 2.45) is 0 Å². The zero-order valence-electron chi connectivity index (χ0n) is 17.5. The molecule has 2 rings (SSSR count). The Hall–Kier alpha value is -2.63. The molecule has 0 aliphatic heterocycles. The molecule has 6 nitrogen and oxygen atoms in total. The van der Waals surface area contributed by atoms with E-state index in [1.165, 1.54) is 12.5 Å². The minimum atomic E-state index is -0.0782. The van der Waals surface area contributed by atoms with Gasteiger partial charge in [-0.1, -0.05) is 32.9 Å². The summed E-state index contributed by atoms with van der Waals surface area (Å²) in [4.78, 5) is 27.4. The first-order chi connectivity index (χ1) is 13.2. The second-order valence-electron chi connectivity index (χ2n) is 8.07. The molecule has 1 aromatic heterocycles. The van der Waals surface area contributed by atoms with Crippen molar-refractivity contribution in [2.75, 3.05) is 13.1 Å². The van der Waals surface area contributed by atoms with Gasteiger partial charge in [0.25, 0.3) is 0 Å². The van der Waals surface area contributed by atoms with Crippen LogP contribution in [0, 0.1) is 6.92 Å². The third kappa shape index (κ3) is 6.51. The Balaban J connectivity index is 1.88. The number of oxazole rings is 1. The lowest BCUT2D eigenvalue weighted by Gasteiger charge is -2.18. The standard InChI is InChI=1S/C22H31N3O3/c1-15-19(14-20(27)24-13-7-6-12-23-16(2)26)25-21(28-15)17-8-10-18(11-9-17)22(3,4)5/h8-11H,6-7,12-14H2,1-5H3,(H,23,26)(H,24,27). The fourth-order valence-corrected chi connectivity index (χ4v) is 2.79. The maximum atomic E-state index is 12.1. The molecule has 2 amide bonds. The van der Waals surface area contributed by atoms with Gasteiger partial charge in [0.15, 0.2) is 0 Å². The molecule has 0 radical (unpaired) electrons. The highest BCUT2D eigenvalue weighted by Gasteiger charge is 2.16. The first kappa shape index (κ1) is 21.7. The molecule has 0 saturated carbocycles. The number of amides is 2. The summed E-state index contributed by atoms with van der Waals surface area (Å²) >= 11 is 0. The molecule has 0 unspecified atom stereocenters. The van der Waals surface area contributed by atoms with Crippen LogP contribution in [-0.4, -0.2) is 29.9 Å². The van der Waals surface area contributed by atoms with Crippen molar-refractivity contribution in [1.82, 2.24) is 15.6 Å². The fraction of sp³-hybridized carbons (Fsp3) is 0.500. The van der Waals surface area contributed by atoms with E-state index in [1.807, 2.05) is 19.1 Å². The summed E-state index contributed by atoms with van der Waals surface area (Å²) in [7, 11) is 0. The van der Waals surface area contributed by atoms with Gasteiger partial charge in [0.1, 0.15) is 5.76 Å². The van der Waals surface area contributed by atoms with Gasteiger partial charge in [0.2, 0.25) is 17.7 Å². The summed E-state index contributed by atoms with van der Waals surface area (Å²) in [6, 6.07) is 8.18. The number of hydrogen-bond acceptors (Lipinski definition) is 4. The lowest BCUT2D eigenvalue weighted by molar-refractivity contribution is -0.121. The number of unbranched alkanes of at least 4 members (excludes halogenated alkanes) is 1. The van der Waals surface area contributed by atoms with E-state index in [0.29, 0.717) is 30.4 Å². The van der Waals surface area contributed by atoms with Gasteiger partial charge in [-0.25, -0.2) is 4.98 Å². The molecule has 1 heterocycles. The van der Waals surface area contributed by atoms with Gasteiger partial charge in [0, 0.05) is 25.6 Å². The molecule has 28 heavy (non-hydrogen) atoms. The Morgan fingerprint density at radius 2 is 1.64 bits per heavy atom. The molecule has 0 atom stereocenters. The van der Waals surface area contributed by atoms with E-state index in [1.54, 1.807) is 0 Å². The molecule has 0 spiro atoms. The normalized spacial score (nSPS) is 11.3. The fourth-order valence-electron chi connectivity index (χ4n) is 2.79. The van der Waals surface area contributed by atoms with Crippen molar-refractivity contribution in [3.8, 4) is 11.5 Å². The molecule has 6 heteroatoms. The minimum absolute atomic E-state index is 0.0330. The van der Waals surface area contributed by atoms with E-state index < -0.39 is 0 Å². The van der Waals surface area contributed by atoms with Crippen LogP contribution in [0.5, 0.6) is 0 Å². The number of rotatable bonds is 8. The van der Waals surface area contributed by atoms with E-state index in [4.69, 9.17) is 4.42 Å². The quantitative estimate of drug-likeness (QED) is 0.681. The molecule has 2 aromatic rings. The summed E-state index contributed by atoms with van der Waals surface area (Å²) in [6.07, 6.45) is 1.84. The topological polar surface area (TPSA) is 84.2 Å². The molecule has 2 N–H and O–H groups in total. The van der Waals surface area contributed by atoms with E-state index in [0.717, 1.165) is 18.4 Å². The number of aromatic nitrogens is 1. The molecule has 0 aliphatic rings. The summed E-state index contributed by atoms with van der Waals surface area (Å²) < 4.78 is 5.78. The van der Waals surface area contributed by atoms with Crippen LogP contribution in [0.1, 0.15) is 57.6 Å². The second-order valence-corrected chi connectivity index (χ2v) is 8.07. The summed E-state index contributed by atoms with van der Waals surface area (Å²) in [5.41, 5.74) is 2.90. The number of aryl methyl sites for hydroxylation is 1. The Morgan fingerprint density at radius 3 is 2.21 bits per heavy atom. The lowest BCUT2D eigenvalue weighted by Crippen LogP contribution is -2.27. The SMILES string of the molecule is CC(=O)NCCCCNC(=O)Cc1nc(-c2ccc(C(C)(C)C)cc2)oc1C. The Morgan fingerprint density at radius 1 is 1.04 bits per heavy atom. The van der Waals surface area contributed by atoms with Crippen LogP contribution in [0.4, 0.5) is 0 Å². The average Bonchev–Trinajstić information content (AvgIpc) is 2.97. The zero-order valence-corrected chi connectivity index (χ0v) is 17.5. The number of benzene rings is 1. The van der Waals surface area contributed by atoms with Crippen molar-refractivity contribution in [1.29, 1.82) is 0 Å². The molecule has 0 fully saturated rings. The summed E-state index contributed by atoms with van der Waals surface area (Å²) in [6.45, 7) is 11.1. The molecule has 1 aromatic carbocycles. The molecular weight excluding hydrogens is 354 g/mol. The van der Waals surface area contributed by atoms with Gasteiger partial charge in [-0.3, -0.25) is 9.59 Å². The molecule has 152 valence electrons. The minimum Gasteiger partial charge on any atom is -0.441 e. The number of carbonyl (C=O) groups is 2. The van der Waals surface area contributed by atoms with Gasteiger partial charge in [-0.2, -0.15) is 0 Å². The molecule has 0 aliphatic carbocycles. The monoisotopic (exact) mass is 385 g/mol. The largest absolute Gasteiger partial charge is 0.441 e. The van der Waals surface area contributed by atoms with E-state index >= 15 is 0 Å². The Labute approximate surface area is 167 Å². The maximum absolute atomic E-state index is 12.1. The van der Waals surface area contributed by atoms with Crippen molar-refractivity contribution in [3.05, 3.63) is 41.3 Å². The van der Waals surface area contributed by atoms with E-state index in [-0.39, 0.29) is 23.7 Å². The van der Waals surface area contributed by atoms with Crippen molar-refractivity contribution in [3.63, 3.8) is 0 Å². The van der Waals surface area contributed by atoms with Gasteiger partial charge >= 0.3 is 0 Å². The van der Waals surface area contributed by atoms with Crippen LogP contribution < -0.4 is 10.6 Å². The van der Waals surface area contributed by atoms with E-state index in [9.17, 15) is 9.59 Å². The van der Waals surface area contributed by atoms with Gasteiger partial charge < -0.3 is 15.1 Å². The van der Waals surface area contributed by atoms with Crippen LogP contribution in [0.2, 0.25) is 0 Å². The third-order valence-corrected chi connectivity index (χ3v) is 4.52. The summed E-state index contributed by atoms with van der Waals surface area (Å²) in [5.74, 6) is 1.09. The van der Waals surface area contributed by atoms with Gasteiger partial charge in [-0.15, -0.1) is 0 Å². The van der Waals surface area contributed by atoms with Gasteiger partial charge in [0.05, 0.1) is 12.1 Å². The average molecular weight is 386 g/mol. The number of nitrogens with zero attached hydrogens (tertiary/aromatic N) is 1. The summed E-state index contributed by atoms with van der Waals surface area (Å²) in [5, 5.41) is 5.62. The highest BCUT2D eigenvalue weighted by Crippen LogP contribution is 2.27. The van der Waals surface area contributed by atoms with Crippen LogP contribution >= 0.6 is 0 Å². The molecule has 0 saturated heterocycles. The number of hydrogen-bond donors (Lipinski definition) is 2. The highest BCUT2D eigenvalue weighted by atomic mass is 16.4. The lowest BCUT2D eigenvalue weighted by atomic mass is 9.87. The Kier molecular flexibility index (Phi) is 7.38. The predicted molar refractivity (Wildman–Crippen MR) is 110 cm³/mol. The smallest absolute Gasteiger partial charge is 0.226 e. The van der Waals surface area contributed by atoms with Crippen molar-refractivity contribution in [2.45, 2.75) is 59.3 Å². The van der Waals surface area contributed by atoms with Crippen LogP contribution in [0.25, 0.3) is 11.5 Å². The first-order valence-electron chi connectivity index (χ1n) is 9.75. The molecule has 0 bridgehead atoms. The maximum Gasteiger partial charge on any atom is 0.226 e. The van der Waals surface area contributed by atoms with Crippen molar-refractivity contribution < 1.29 is 14.0 Å². The van der Waals surface area contributed by atoms with E-state index in [2.05, 4.69) is 48.5 Å². The van der Waals surface area contributed by atoms with Crippen LogP contribution in [0.15, 0.2) is 28.7 Å². The first-order valence-corrected chi connectivity index (χ1v) is 9.75. The van der Waals surface area contributed by atoms with Crippen molar-refractivity contribution >= 4 is 11.8 Å².